The second kappa shape index (κ2) is 8.47. The van der Waals surface area contributed by atoms with E-state index in [1.54, 1.807) is 0 Å². The standard InChI is InChI=1S/C23H30N4O2/c1-16-17(2)25-21-15-19(8-9-20(21)24-16)23(29)27-13-11-26(12-14-27)22(28)10-7-18-5-3-4-6-18/h8-9,15,18H,3-7,10-14H2,1-2H3. The van der Waals surface area contributed by atoms with Gasteiger partial charge in [0.2, 0.25) is 5.91 Å². The number of fused-ring (bicyclic) bond motifs is 1. The van der Waals surface area contributed by atoms with E-state index in [0.717, 1.165) is 34.8 Å². The number of carbonyl (C=O) groups excluding carboxylic acids is 2. The largest absolute Gasteiger partial charge is 0.339 e. The summed E-state index contributed by atoms with van der Waals surface area (Å²) in [4.78, 5) is 38.3. The highest BCUT2D eigenvalue weighted by Crippen LogP contribution is 2.28. The smallest absolute Gasteiger partial charge is 0.254 e. The summed E-state index contributed by atoms with van der Waals surface area (Å²) in [6.07, 6.45) is 6.88. The predicted molar refractivity (Wildman–Crippen MR) is 113 cm³/mol. The zero-order chi connectivity index (χ0) is 20.4. The second-order valence-electron chi connectivity index (χ2n) is 8.46. The van der Waals surface area contributed by atoms with E-state index in [9.17, 15) is 9.59 Å². The molecule has 154 valence electrons. The summed E-state index contributed by atoms with van der Waals surface area (Å²) < 4.78 is 0. The topological polar surface area (TPSA) is 66.4 Å². The molecule has 1 aliphatic carbocycles. The third-order valence-corrected chi connectivity index (χ3v) is 6.48. The van der Waals surface area contributed by atoms with Crippen LogP contribution in [0.4, 0.5) is 0 Å². The summed E-state index contributed by atoms with van der Waals surface area (Å²) in [5, 5.41) is 0. The molecule has 2 amide bonds. The molecule has 4 rings (SSSR count). The molecule has 0 atom stereocenters. The van der Waals surface area contributed by atoms with Crippen molar-refractivity contribution in [3.63, 3.8) is 0 Å². The molecule has 1 saturated carbocycles. The molecule has 2 aromatic rings. The van der Waals surface area contributed by atoms with Gasteiger partial charge < -0.3 is 9.80 Å². The van der Waals surface area contributed by atoms with E-state index in [1.807, 2.05) is 41.8 Å². The fourth-order valence-electron chi connectivity index (χ4n) is 4.49. The van der Waals surface area contributed by atoms with Crippen LogP contribution in [-0.2, 0) is 4.79 Å². The Bertz CT molecular complexity index is 912. The summed E-state index contributed by atoms with van der Waals surface area (Å²) >= 11 is 0. The number of benzene rings is 1. The summed E-state index contributed by atoms with van der Waals surface area (Å²) in [5.74, 6) is 0.992. The minimum absolute atomic E-state index is 0.00461. The van der Waals surface area contributed by atoms with Gasteiger partial charge in [-0.15, -0.1) is 0 Å². The Morgan fingerprint density at radius 2 is 1.55 bits per heavy atom. The molecule has 6 nitrogen and oxygen atoms in total. The third kappa shape index (κ3) is 4.41. The van der Waals surface area contributed by atoms with E-state index in [-0.39, 0.29) is 11.8 Å². The quantitative estimate of drug-likeness (QED) is 0.796. The molecule has 1 aromatic heterocycles. The van der Waals surface area contributed by atoms with E-state index in [0.29, 0.717) is 38.2 Å². The van der Waals surface area contributed by atoms with Crippen LogP contribution in [0.3, 0.4) is 0 Å². The van der Waals surface area contributed by atoms with Gasteiger partial charge in [-0.05, 0) is 44.4 Å². The maximum absolute atomic E-state index is 12.9. The molecule has 0 radical (unpaired) electrons. The van der Waals surface area contributed by atoms with Gasteiger partial charge in [-0.25, -0.2) is 9.97 Å². The molecule has 6 heteroatoms. The lowest BCUT2D eigenvalue weighted by Gasteiger charge is -2.35. The molecule has 0 N–H and O–H groups in total. The lowest BCUT2D eigenvalue weighted by atomic mass is 10.0. The van der Waals surface area contributed by atoms with E-state index in [4.69, 9.17) is 0 Å². The molecule has 1 saturated heterocycles. The van der Waals surface area contributed by atoms with Crippen molar-refractivity contribution in [1.29, 1.82) is 0 Å². The van der Waals surface area contributed by atoms with Crippen LogP contribution in [0.2, 0.25) is 0 Å². The predicted octanol–water partition coefficient (Wildman–Crippen LogP) is 3.50. The SMILES string of the molecule is Cc1nc2ccc(C(=O)N3CCN(C(=O)CCC4CCCC4)CC3)cc2nc1C. The lowest BCUT2D eigenvalue weighted by Crippen LogP contribution is -2.50. The molecule has 2 heterocycles. The Morgan fingerprint density at radius 1 is 0.931 bits per heavy atom. The Morgan fingerprint density at radius 3 is 2.24 bits per heavy atom. The Hall–Kier alpha value is -2.50. The number of hydrogen-bond donors (Lipinski definition) is 0. The zero-order valence-corrected chi connectivity index (χ0v) is 17.5. The van der Waals surface area contributed by atoms with Gasteiger partial charge in [0.25, 0.3) is 5.91 Å². The van der Waals surface area contributed by atoms with Gasteiger partial charge >= 0.3 is 0 Å². The van der Waals surface area contributed by atoms with Crippen LogP contribution in [-0.4, -0.2) is 57.8 Å². The first-order valence-electron chi connectivity index (χ1n) is 10.8. The molecule has 0 bridgehead atoms. The number of aromatic nitrogens is 2. The van der Waals surface area contributed by atoms with E-state index < -0.39 is 0 Å². The van der Waals surface area contributed by atoms with E-state index in [2.05, 4.69) is 9.97 Å². The Balaban J connectivity index is 1.34. The number of rotatable bonds is 4. The van der Waals surface area contributed by atoms with E-state index >= 15 is 0 Å². The minimum atomic E-state index is 0.00461. The number of amides is 2. The fourth-order valence-corrected chi connectivity index (χ4v) is 4.49. The van der Waals surface area contributed by atoms with Gasteiger partial charge in [0, 0.05) is 38.2 Å². The van der Waals surface area contributed by atoms with Crippen molar-refractivity contribution in [1.82, 2.24) is 19.8 Å². The Kier molecular flexibility index (Phi) is 5.79. The molecule has 0 spiro atoms. The average molecular weight is 395 g/mol. The Labute approximate surface area is 172 Å². The van der Waals surface area contributed by atoms with Gasteiger partial charge in [0.15, 0.2) is 0 Å². The van der Waals surface area contributed by atoms with Crippen LogP contribution in [0.15, 0.2) is 18.2 Å². The molecule has 0 unspecified atom stereocenters. The first-order chi connectivity index (χ1) is 14.0. The monoisotopic (exact) mass is 394 g/mol. The van der Waals surface area contributed by atoms with Crippen molar-refractivity contribution in [3.05, 3.63) is 35.2 Å². The fraction of sp³-hybridized carbons (Fsp3) is 0.565. The lowest BCUT2D eigenvalue weighted by molar-refractivity contribution is -0.133. The minimum Gasteiger partial charge on any atom is -0.339 e. The summed E-state index contributed by atoms with van der Waals surface area (Å²) in [7, 11) is 0. The molecular weight excluding hydrogens is 364 g/mol. The highest BCUT2D eigenvalue weighted by atomic mass is 16.2. The van der Waals surface area contributed by atoms with Crippen molar-refractivity contribution < 1.29 is 9.59 Å². The zero-order valence-electron chi connectivity index (χ0n) is 17.5. The number of aryl methyl sites for hydroxylation is 2. The summed E-state index contributed by atoms with van der Waals surface area (Å²) in [6.45, 7) is 6.30. The van der Waals surface area contributed by atoms with Crippen molar-refractivity contribution in [3.8, 4) is 0 Å². The maximum Gasteiger partial charge on any atom is 0.254 e. The van der Waals surface area contributed by atoms with Crippen LogP contribution >= 0.6 is 0 Å². The molecular formula is C23H30N4O2. The summed E-state index contributed by atoms with van der Waals surface area (Å²) in [6, 6.07) is 5.52. The highest BCUT2D eigenvalue weighted by Gasteiger charge is 2.26. The maximum atomic E-state index is 12.9. The van der Waals surface area contributed by atoms with Crippen molar-refractivity contribution in [2.24, 2.45) is 5.92 Å². The van der Waals surface area contributed by atoms with Gasteiger partial charge in [0.1, 0.15) is 0 Å². The van der Waals surface area contributed by atoms with Crippen LogP contribution < -0.4 is 0 Å². The molecule has 2 fully saturated rings. The third-order valence-electron chi connectivity index (χ3n) is 6.48. The molecule has 1 aromatic carbocycles. The van der Waals surface area contributed by atoms with Gasteiger partial charge in [-0.2, -0.15) is 0 Å². The normalized spacial score (nSPS) is 17.9. The van der Waals surface area contributed by atoms with Crippen LogP contribution in [0, 0.1) is 19.8 Å². The number of hydrogen-bond acceptors (Lipinski definition) is 4. The highest BCUT2D eigenvalue weighted by molar-refractivity contribution is 5.97. The second-order valence-corrected chi connectivity index (χ2v) is 8.46. The van der Waals surface area contributed by atoms with Gasteiger partial charge in [0.05, 0.1) is 22.4 Å². The average Bonchev–Trinajstić information content (AvgIpc) is 3.26. The van der Waals surface area contributed by atoms with Gasteiger partial charge in [-0.3, -0.25) is 9.59 Å². The van der Waals surface area contributed by atoms with Crippen LogP contribution in [0.1, 0.15) is 60.3 Å². The van der Waals surface area contributed by atoms with Crippen molar-refractivity contribution >= 4 is 22.8 Å². The number of nitrogens with zero attached hydrogens (tertiary/aromatic N) is 4. The first-order valence-corrected chi connectivity index (χ1v) is 10.8. The van der Waals surface area contributed by atoms with Crippen molar-refractivity contribution in [2.45, 2.75) is 52.4 Å². The van der Waals surface area contributed by atoms with E-state index in [1.165, 1.54) is 25.7 Å². The molecule has 29 heavy (non-hydrogen) atoms. The van der Waals surface area contributed by atoms with Gasteiger partial charge in [-0.1, -0.05) is 25.7 Å². The molecule has 1 aliphatic heterocycles. The van der Waals surface area contributed by atoms with Crippen LogP contribution in [0.25, 0.3) is 11.0 Å². The van der Waals surface area contributed by atoms with Crippen molar-refractivity contribution in [2.75, 3.05) is 26.2 Å². The first kappa shape index (κ1) is 19.8. The summed E-state index contributed by atoms with van der Waals surface area (Å²) in [5.41, 5.74) is 3.98. The number of carbonyl (C=O) groups is 2. The molecule has 2 aliphatic rings. The van der Waals surface area contributed by atoms with Crippen LogP contribution in [0.5, 0.6) is 0 Å². The number of piperazine rings is 1.